The summed E-state index contributed by atoms with van der Waals surface area (Å²) in [4.78, 5) is 33.2. The smallest absolute Gasteiger partial charge is 0.254 e. The Labute approximate surface area is 159 Å². The third-order valence-electron chi connectivity index (χ3n) is 5.78. The van der Waals surface area contributed by atoms with Gasteiger partial charge >= 0.3 is 0 Å². The lowest BCUT2D eigenvalue weighted by Gasteiger charge is -2.49. The Kier molecular flexibility index (Phi) is 4.46. The second kappa shape index (κ2) is 6.68. The molecule has 0 radical (unpaired) electrons. The molecule has 3 heterocycles. The minimum atomic E-state index is -0.957. The molecule has 6 heteroatoms. The minimum absolute atomic E-state index is 0.000784. The molecule has 0 saturated carbocycles. The zero-order valence-electron chi connectivity index (χ0n) is 16.2. The number of aromatic nitrogens is 1. The van der Waals surface area contributed by atoms with Crippen LogP contribution in [0.3, 0.4) is 0 Å². The molecule has 2 aliphatic heterocycles. The zero-order chi connectivity index (χ0) is 19.2. The molecular weight excluding hydrogens is 342 g/mol. The van der Waals surface area contributed by atoms with Crippen LogP contribution in [0.1, 0.15) is 38.4 Å². The topological polar surface area (TPSA) is 65.6 Å². The van der Waals surface area contributed by atoms with Crippen LogP contribution in [0.15, 0.2) is 24.3 Å². The van der Waals surface area contributed by atoms with Gasteiger partial charge in [0.2, 0.25) is 5.91 Å². The van der Waals surface area contributed by atoms with E-state index in [0.29, 0.717) is 19.7 Å². The summed E-state index contributed by atoms with van der Waals surface area (Å²) in [6, 6.07) is 8.11. The Morgan fingerprint density at radius 2 is 2.04 bits per heavy atom. The Morgan fingerprint density at radius 3 is 2.81 bits per heavy atom. The highest BCUT2D eigenvalue weighted by molar-refractivity contribution is 6.00. The SMILES string of the molecule is CC(C)OCCCN1CC(=O)N2CCc3c([nH]c4ccccc34)[C@]2(C)C1=O. The maximum Gasteiger partial charge on any atom is 0.254 e. The van der Waals surface area contributed by atoms with Crippen molar-refractivity contribution in [3.05, 3.63) is 35.5 Å². The lowest BCUT2D eigenvalue weighted by Crippen LogP contribution is -2.67. The van der Waals surface area contributed by atoms with Crippen LogP contribution < -0.4 is 0 Å². The molecule has 1 atom stereocenters. The second-order valence-electron chi connectivity index (χ2n) is 7.89. The number of nitrogens with one attached hydrogen (secondary N) is 1. The summed E-state index contributed by atoms with van der Waals surface area (Å²) < 4.78 is 5.58. The van der Waals surface area contributed by atoms with Gasteiger partial charge in [-0.25, -0.2) is 0 Å². The number of para-hydroxylation sites is 1. The van der Waals surface area contributed by atoms with E-state index < -0.39 is 5.54 Å². The van der Waals surface area contributed by atoms with Crippen LogP contribution in [0, 0.1) is 0 Å². The second-order valence-corrected chi connectivity index (χ2v) is 7.89. The van der Waals surface area contributed by atoms with Crippen molar-refractivity contribution in [2.24, 2.45) is 0 Å². The first kappa shape index (κ1) is 18.0. The number of aromatic amines is 1. The molecule has 2 aromatic rings. The third kappa shape index (κ3) is 2.83. The number of fused-ring (bicyclic) bond motifs is 5. The molecule has 0 bridgehead atoms. The third-order valence-corrected chi connectivity index (χ3v) is 5.78. The van der Waals surface area contributed by atoms with Crippen molar-refractivity contribution in [2.75, 3.05) is 26.2 Å². The molecular formula is C21H27N3O3. The fraction of sp³-hybridized carbons (Fsp3) is 0.524. The fourth-order valence-electron chi connectivity index (χ4n) is 4.44. The van der Waals surface area contributed by atoms with Crippen molar-refractivity contribution >= 4 is 22.7 Å². The molecule has 0 unspecified atom stereocenters. The highest BCUT2D eigenvalue weighted by Crippen LogP contribution is 2.41. The van der Waals surface area contributed by atoms with E-state index >= 15 is 0 Å². The molecule has 1 aromatic carbocycles. The maximum atomic E-state index is 13.5. The first-order chi connectivity index (χ1) is 12.9. The van der Waals surface area contributed by atoms with Crippen LogP contribution in [0.5, 0.6) is 0 Å². The molecule has 144 valence electrons. The summed E-state index contributed by atoms with van der Waals surface area (Å²) in [5.41, 5.74) is 2.10. The highest BCUT2D eigenvalue weighted by atomic mass is 16.5. The molecule has 4 rings (SSSR count). The summed E-state index contributed by atoms with van der Waals surface area (Å²) in [6.45, 7) is 7.75. The Hall–Kier alpha value is -2.34. The minimum Gasteiger partial charge on any atom is -0.379 e. The zero-order valence-corrected chi connectivity index (χ0v) is 16.2. The van der Waals surface area contributed by atoms with Gasteiger partial charge in [-0.1, -0.05) is 18.2 Å². The molecule has 1 fully saturated rings. The maximum absolute atomic E-state index is 13.5. The van der Waals surface area contributed by atoms with E-state index in [0.717, 1.165) is 35.0 Å². The molecule has 6 nitrogen and oxygen atoms in total. The lowest BCUT2D eigenvalue weighted by atomic mass is 9.83. The number of hydrogen-bond acceptors (Lipinski definition) is 3. The summed E-state index contributed by atoms with van der Waals surface area (Å²) in [6.07, 6.45) is 1.67. The van der Waals surface area contributed by atoms with E-state index in [1.807, 2.05) is 39.0 Å². The van der Waals surface area contributed by atoms with E-state index in [1.165, 1.54) is 0 Å². The summed E-state index contributed by atoms with van der Waals surface area (Å²) in [5.74, 6) is 0.0188. The molecule has 0 spiro atoms. The predicted octanol–water partition coefficient (Wildman–Crippen LogP) is 2.43. The molecule has 1 saturated heterocycles. The van der Waals surface area contributed by atoms with Crippen molar-refractivity contribution in [1.29, 1.82) is 0 Å². The van der Waals surface area contributed by atoms with Gasteiger partial charge in [0.1, 0.15) is 0 Å². The molecule has 2 aliphatic rings. The van der Waals surface area contributed by atoms with E-state index in [9.17, 15) is 9.59 Å². The largest absolute Gasteiger partial charge is 0.379 e. The van der Waals surface area contributed by atoms with Gasteiger partial charge in [0.05, 0.1) is 18.3 Å². The van der Waals surface area contributed by atoms with Crippen molar-refractivity contribution in [3.8, 4) is 0 Å². The molecule has 2 amide bonds. The average Bonchev–Trinajstić information content (AvgIpc) is 3.03. The molecule has 27 heavy (non-hydrogen) atoms. The van der Waals surface area contributed by atoms with Gasteiger partial charge in [0.25, 0.3) is 5.91 Å². The summed E-state index contributed by atoms with van der Waals surface area (Å²) in [5, 5.41) is 1.15. The number of piperazine rings is 1. The van der Waals surface area contributed by atoms with Crippen LogP contribution in [0.4, 0.5) is 0 Å². The molecule has 1 N–H and O–H groups in total. The number of nitrogens with zero attached hydrogens (tertiary/aromatic N) is 2. The number of carbonyl (C=O) groups is 2. The number of benzene rings is 1. The quantitative estimate of drug-likeness (QED) is 0.823. The Bertz CT molecular complexity index is 888. The average molecular weight is 369 g/mol. The van der Waals surface area contributed by atoms with Crippen molar-refractivity contribution in [2.45, 2.75) is 45.3 Å². The van der Waals surface area contributed by atoms with Crippen molar-refractivity contribution in [3.63, 3.8) is 0 Å². The fourth-order valence-corrected chi connectivity index (χ4v) is 4.44. The monoisotopic (exact) mass is 369 g/mol. The molecule has 1 aromatic heterocycles. The normalized spacial score (nSPS) is 22.5. The van der Waals surface area contributed by atoms with Gasteiger partial charge in [-0.05, 0) is 45.2 Å². The number of hydrogen-bond donors (Lipinski definition) is 1. The first-order valence-electron chi connectivity index (χ1n) is 9.74. The summed E-state index contributed by atoms with van der Waals surface area (Å²) >= 11 is 0. The van der Waals surface area contributed by atoms with E-state index in [4.69, 9.17) is 4.74 Å². The van der Waals surface area contributed by atoms with Gasteiger partial charge < -0.3 is 19.5 Å². The van der Waals surface area contributed by atoms with Gasteiger partial charge in [-0.15, -0.1) is 0 Å². The van der Waals surface area contributed by atoms with E-state index in [-0.39, 0.29) is 24.5 Å². The Morgan fingerprint density at radius 1 is 1.26 bits per heavy atom. The van der Waals surface area contributed by atoms with Crippen LogP contribution in [0.2, 0.25) is 0 Å². The number of amides is 2. The highest BCUT2D eigenvalue weighted by Gasteiger charge is 2.53. The van der Waals surface area contributed by atoms with E-state index in [1.54, 1.807) is 9.80 Å². The number of ether oxygens (including phenoxy) is 1. The van der Waals surface area contributed by atoms with Gasteiger partial charge in [-0.3, -0.25) is 9.59 Å². The number of H-pyrrole nitrogens is 1. The van der Waals surface area contributed by atoms with Crippen molar-refractivity contribution < 1.29 is 14.3 Å². The standard InChI is InChI=1S/C21H27N3O3/c1-14(2)27-12-6-10-23-13-18(25)24-11-9-16-15-7-4-5-8-17(15)22-19(16)21(24,3)20(23)26/h4-5,7-8,14,22H,6,9-13H2,1-3H3/t21-/m1/s1. The van der Waals surface area contributed by atoms with Gasteiger partial charge in [-0.2, -0.15) is 0 Å². The van der Waals surface area contributed by atoms with Gasteiger partial charge in [0, 0.05) is 30.6 Å². The Balaban J connectivity index is 1.66. The number of rotatable bonds is 5. The van der Waals surface area contributed by atoms with Crippen LogP contribution in [0.25, 0.3) is 10.9 Å². The van der Waals surface area contributed by atoms with Gasteiger partial charge in [0.15, 0.2) is 5.54 Å². The van der Waals surface area contributed by atoms with Crippen LogP contribution >= 0.6 is 0 Å². The van der Waals surface area contributed by atoms with Crippen molar-refractivity contribution in [1.82, 2.24) is 14.8 Å². The van der Waals surface area contributed by atoms with Crippen LogP contribution in [-0.2, 0) is 26.3 Å². The van der Waals surface area contributed by atoms with E-state index in [2.05, 4.69) is 11.1 Å². The van der Waals surface area contributed by atoms with Crippen LogP contribution in [-0.4, -0.2) is 58.9 Å². The lowest BCUT2D eigenvalue weighted by molar-refractivity contribution is -0.166. The summed E-state index contributed by atoms with van der Waals surface area (Å²) in [7, 11) is 0. The number of carbonyl (C=O) groups excluding carboxylic acids is 2. The first-order valence-corrected chi connectivity index (χ1v) is 9.74. The molecule has 0 aliphatic carbocycles. The predicted molar refractivity (Wildman–Crippen MR) is 103 cm³/mol.